The number of ether oxygens (including phenoxy) is 1. The second-order valence-corrected chi connectivity index (χ2v) is 10.8. The second kappa shape index (κ2) is 8.55. The standard InChI is InChI=1S/C21H31N3O5S/c1-15(22-20(26)29-21(2,3)4)19(25)24-13-10-16-14-17(8-9-18(16)24)30(27,28)23-11-6-5-7-12-23/h8-9,14-15H,5-7,10-13H2,1-4H3,(H,22,26)/t15-/m1/s1. The van der Waals surface area contributed by atoms with Crippen LogP contribution in [0.3, 0.4) is 0 Å². The number of carbonyl (C=O) groups excluding carboxylic acids is 2. The van der Waals surface area contributed by atoms with Crippen LogP contribution in [0.25, 0.3) is 0 Å². The van der Waals surface area contributed by atoms with Crippen molar-refractivity contribution >= 4 is 27.7 Å². The van der Waals surface area contributed by atoms with Gasteiger partial charge in [-0.2, -0.15) is 4.31 Å². The molecule has 30 heavy (non-hydrogen) atoms. The van der Waals surface area contributed by atoms with Gasteiger partial charge in [-0.05, 0) is 70.7 Å². The molecule has 2 aliphatic heterocycles. The fourth-order valence-electron chi connectivity index (χ4n) is 3.80. The number of alkyl carbamates (subject to hydrolysis) is 1. The third-order valence-electron chi connectivity index (χ3n) is 5.27. The van der Waals surface area contributed by atoms with Crippen molar-refractivity contribution in [1.82, 2.24) is 9.62 Å². The maximum Gasteiger partial charge on any atom is 0.408 e. The monoisotopic (exact) mass is 437 g/mol. The Bertz CT molecular complexity index is 917. The summed E-state index contributed by atoms with van der Waals surface area (Å²) in [5, 5.41) is 2.57. The van der Waals surface area contributed by atoms with Gasteiger partial charge in [-0.25, -0.2) is 13.2 Å². The fourth-order valence-corrected chi connectivity index (χ4v) is 5.37. The van der Waals surface area contributed by atoms with E-state index in [1.54, 1.807) is 55.1 Å². The highest BCUT2D eigenvalue weighted by molar-refractivity contribution is 7.89. The Morgan fingerprint density at radius 2 is 1.77 bits per heavy atom. The first-order chi connectivity index (χ1) is 14.0. The smallest absolute Gasteiger partial charge is 0.408 e. The molecule has 1 fully saturated rings. The molecular formula is C21H31N3O5S. The Morgan fingerprint density at radius 1 is 1.10 bits per heavy atom. The van der Waals surface area contributed by atoms with E-state index in [9.17, 15) is 18.0 Å². The van der Waals surface area contributed by atoms with E-state index in [1.165, 1.54) is 0 Å². The summed E-state index contributed by atoms with van der Waals surface area (Å²) in [5.74, 6) is -0.258. The van der Waals surface area contributed by atoms with E-state index in [4.69, 9.17) is 4.74 Å². The molecule has 3 rings (SSSR count). The van der Waals surface area contributed by atoms with E-state index in [2.05, 4.69) is 5.32 Å². The van der Waals surface area contributed by atoms with Crippen LogP contribution < -0.4 is 10.2 Å². The van der Waals surface area contributed by atoms with E-state index in [1.807, 2.05) is 0 Å². The van der Waals surface area contributed by atoms with E-state index in [0.29, 0.717) is 31.7 Å². The highest BCUT2D eigenvalue weighted by Crippen LogP contribution is 2.32. The predicted octanol–water partition coefficient (Wildman–Crippen LogP) is 2.66. The minimum atomic E-state index is -3.51. The van der Waals surface area contributed by atoms with Crippen LogP contribution in [0, 0.1) is 0 Å². The Kier molecular flexibility index (Phi) is 6.43. The van der Waals surface area contributed by atoms with Crippen LogP contribution in [0.1, 0.15) is 52.5 Å². The zero-order valence-electron chi connectivity index (χ0n) is 18.1. The fraction of sp³-hybridized carbons (Fsp3) is 0.619. The number of anilines is 1. The van der Waals surface area contributed by atoms with Crippen molar-refractivity contribution in [3.63, 3.8) is 0 Å². The predicted molar refractivity (Wildman–Crippen MR) is 114 cm³/mol. The average Bonchev–Trinajstić information content (AvgIpc) is 3.09. The summed E-state index contributed by atoms with van der Waals surface area (Å²) in [7, 11) is -3.51. The highest BCUT2D eigenvalue weighted by atomic mass is 32.2. The number of sulfonamides is 1. The summed E-state index contributed by atoms with van der Waals surface area (Å²) in [4.78, 5) is 26.7. The van der Waals surface area contributed by atoms with Crippen LogP contribution >= 0.6 is 0 Å². The molecule has 1 atom stereocenters. The summed E-state index contributed by atoms with van der Waals surface area (Å²) in [5.41, 5.74) is 0.866. The molecule has 8 nitrogen and oxygen atoms in total. The van der Waals surface area contributed by atoms with Gasteiger partial charge in [0.25, 0.3) is 0 Å². The lowest BCUT2D eigenvalue weighted by atomic mass is 10.2. The quantitative estimate of drug-likeness (QED) is 0.781. The average molecular weight is 438 g/mol. The first kappa shape index (κ1) is 22.6. The number of benzene rings is 1. The lowest BCUT2D eigenvalue weighted by Crippen LogP contribution is -2.47. The Morgan fingerprint density at radius 3 is 2.40 bits per heavy atom. The third kappa shape index (κ3) is 4.95. The number of hydrogen-bond donors (Lipinski definition) is 1. The molecule has 9 heteroatoms. The zero-order valence-corrected chi connectivity index (χ0v) is 18.9. The molecule has 166 valence electrons. The number of fused-ring (bicyclic) bond motifs is 1. The summed E-state index contributed by atoms with van der Waals surface area (Å²) in [6, 6.07) is 4.18. The Labute approximate surface area is 178 Å². The number of rotatable bonds is 4. The minimum absolute atomic E-state index is 0.258. The van der Waals surface area contributed by atoms with Crippen molar-refractivity contribution in [2.75, 3.05) is 24.5 Å². The second-order valence-electron chi connectivity index (χ2n) is 8.86. The van der Waals surface area contributed by atoms with E-state index < -0.39 is 27.8 Å². The minimum Gasteiger partial charge on any atom is -0.444 e. The van der Waals surface area contributed by atoms with Crippen molar-refractivity contribution in [1.29, 1.82) is 0 Å². The Balaban J connectivity index is 1.72. The molecule has 0 aliphatic carbocycles. The molecule has 2 aliphatic rings. The molecule has 0 radical (unpaired) electrons. The molecule has 1 saturated heterocycles. The number of nitrogens with one attached hydrogen (secondary N) is 1. The molecule has 2 amide bonds. The van der Waals surface area contributed by atoms with Gasteiger partial charge in [-0.1, -0.05) is 6.42 Å². The molecule has 0 spiro atoms. The molecule has 1 aromatic rings. The maximum atomic E-state index is 12.9. The van der Waals surface area contributed by atoms with Crippen molar-refractivity contribution in [3.8, 4) is 0 Å². The molecular weight excluding hydrogens is 406 g/mol. The molecule has 1 N–H and O–H groups in total. The summed E-state index contributed by atoms with van der Waals surface area (Å²) < 4.78 is 32.6. The van der Waals surface area contributed by atoms with Crippen molar-refractivity contribution in [3.05, 3.63) is 23.8 Å². The van der Waals surface area contributed by atoms with Gasteiger partial charge in [0.1, 0.15) is 11.6 Å². The summed E-state index contributed by atoms with van der Waals surface area (Å²) >= 11 is 0. The SMILES string of the molecule is C[C@@H](NC(=O)OC(C)(C)C)C(=O)N1CCc2cc(S(=O)(=O)N3CCCCC3)ccc21. The number of hydrogen-bond acceptors (Lipinski definition) is 5. The van der Waals surface area contributed by atoms with Crippen molar-refractivity contribution < 1.29 is 22.7 Å². The van der Waals surface area contributed by atoms with E-state index in [-0.39, 0.29) is 10.8 Å². The van der Waals surface area contributed by atoms with Gasteiger partial charge in [0.15, 0.2) is 0 Å². The normalized spacial score (nSPS) is 18.6. The topological polar surface area (TPSA) is 96.0 Å². The molecule has 0 unspecified atom stereocenters. The summed E-state index contributed by atoms with van der Waals surface area (Å²) in [6.45, 7) is 8.43. The van der Waals surface area contributed by atoms with Gasteiger partial charge in [-0.15, -0.1) is 0 Å². The lowest BCUT2D eigenvalue weighted by molar-refractivity contribution is -0.120. The number of amides is 2. The van der Waals surface area contributed by atoms with Crippen LogP contribution in [0.4, 0.5) is 10.5 Å². The van der Waals surface area contributed by atoms with Crippen molar-refractivity contribution in [2.45, 2.75) is 69.9 Å². The van der Waals surface area contributed by atoms with Crippen molar-refractivity contribution in [2.24, 2.45) is 0 Å². The molecule has 2 heterocycles. The van der Waals surface area contributed by atoms with Gasteiger partial charge in [0.2, 0.25) is 15.9 Å². The van der Waals surface area contributed by atoms with Gasteiger partial charge in [0, 0.05) is 25.3 Å². The molecule has 0 aromatic heterocycles. The molecule has 0 bridgehead atoms. The maximum absolute atomic E-state index is 12.9. The van der Waals surface area contributed by atoms with Crippen LogP contribution in [0.5, 0.6) is 0 Å². The molecule has 0 saturated carbocycles. The van der Waals surface area contributed by atoms with Crippen LogP contribution in [-0.4, -0.2) is 56.0 Å². The highest BCUT2D eigenvalue weighted by Gasteiger charge is 2.32. The third-order valence-corrected chi connectivity index (χ3v) is 7.16. The number of piperidine rings is 1. The lowest BCUT2D eigenvalue weighted by Gasteiger charge is -2.26. The van der Waals surface area contributed by atoms with Crippen LogP contribution in [0.2, 0.25) is 0 Å². The van der Waals surface area contributed by atoms with Gasteiger partial charge >= 0.3 is 6.09 Å². The van der Waals surface area contributed by atoms with Gasteiger partial charge < -0.3 is 15.0 Å². The van der Waals surface area contributed by atoms with Crippen LogP contribution in [0.15, 0.2) is 23.1 Å². The van der Waals surface area contributed by atoms with E-state index in [0.717, 1.165) is 24.8 Å². The summed E-state index contributed by atoms with van der Waals surface area (Å²) in [6.07, 6.45) is 2.75. The zero-order chi connectivity index (χ0) is 22.1. The first-order valence-corrected chi connectivity index (χ1v) is 11.9. The molecule has 1 aromatic carbocycles. The van der Waals surface area contributed by atoms with Gasteiger partial charge in [0.05, 0.1) is 4.90 Å². The Hall–Kier alpha value is -2.13. The van der Waals surface area contributed by atoms with E-state index >= 15 is 0 Å². The number of carbonyl (C=O) groups is 2. The van der Waals surface area contributed by atoms with Gasteiger partial charge in [-0.3, -0.25) is 4.79 Å². The van der Waals surface area contributed by atoms with Crippen LogP contribution in [-0.2, 0) is 26.0 Å². The largest absolute Gasteiger partial charge is 0.444 e. The first-order valence-electron chi connectivity index (χ1n) is 10.4. The number of nitrogens with zero attached hydrogens (tertiary/aromatic N) is 2.